The van der Waals surface area contributed by atoms with Crippen LogP contribution in [-0.2, 0) is 22.3 Å². The number of benzene rings is 1. The van der Waals surface area contributed by atoms with Gasteiger partial charge in [-0.2, -0.15) is 4.31 Å². The first-order valence-corrected chi connectivity index (χ1v) is 8.71. The largest absolute Gasteiger partial charge is 0.360 e. The topological polar surface area (TPSA) is 63.4 Å². The molecule has 1 heterocycles. The second-order valence-corrected chi connectivity index (χ2v) is 7.52. The Morgan fingerprint density at radius 3 is 2.55 bits per heavy atom. The van der Waals surface area contributed by atoms with E-state index in [1.54, 1.807) is 25.1 Å². The second-order valence-electron chi connectivity index (χ2n) is 5.59. The fourth-order valence-electron chi connectivity index (χ4n) is 2.33. The molecule has 22 heavy (non-hydrogen) atoms. The Morgan fingerprint density at radius 2 is 2.00 bits per heavy atom. The number of aryl methyl sites for hydroxylation is 1. The van der Waals surface area contributed by atoms with E-state index >= 15 is 0 Å². The van der Waals surface area contributed by atoms with Crippen molar-refractivity contribution >= 4 is 10.0 Å². The van der Waals surface area contributed by atoms with Gasteiger partial charge in [-0.05, 0) is 37.5 Å². The smallest absolute Gasteiger partial charge is 0.222 e. The highest BCUT2D eigenvalue weighted by molar-refractivity contribution is 7.88. The van der Waals surface area contributed by atoms with E-state index in [9.17, 15) is 12.8 Å². The SMILES string of the molecule is Cc1cc(CS(=O)(=O)N(Cc2ccc(F)cc2)C2CC2)on1. The maximum Gasteiger partial charge on any atom is 0.222 e. The molecule has 118 valence electrons. The molecule has 0 saturated heterocycles. The Kier molecular flexibility index (Phi) is 4.01. The van der Waals surface area contributed by atoms with Crippen molar-refractivity contribution in [2.75, 3.05) is 0 Å². The Bertz CT molecular complexity index is 751. The van der Waals surface area contributed by atoms with Crippen LogP contribution in [0.1, 0.15) is 29.9 Å². The molecule has 1 aromatic carbocycles. The third-order valence-electron chi connectivity index (χ3n) is 3.56. The van der Waals surface area contributed by atoms with E-state index in [1.807, 2.05) is 0 Å². The van der Waals surface area contributed by atoms with Crippen LogP contribution >= 0.6 is 0 Å². The molecule has 0 spiro atoms. The Morgan fingerprint density at radius 1 is 1.32 bits per heavy atom. The molecule has 0 bridgehead atoms. The average molecular weight is 324 g/mol. The van der Waals surface area contributed by atoms with Crippen LogP contribution in [0.2, 0.25) is 0 Å². The molecule has 1 aliphatic carbocycles. The van der Waals surface area contributed by atoms with Crippen molar-refractivity contribution in [3.8, 4) is 0 Å². The van der Waals surface area contributed by atoms with Gasteiger partial charge in [-0.15, -0.1) is 0 Å². The van der Waals surface area contributed by atoms with E-state index in [-0.39, 0.29) is 24.2 Å². The molecule has 3 rings (SSSR count). The summed E-state index contributed by atoms with van der Waals surface area (Å²) < 4.78 is 44.7. The van der Waals surface area contributed by atoms with Gasteiger partial charge in [0.1, 0.15) is 11.6 Å². The number of hydrogen-bond acceptors (Lipinski definition) is 4. The lowest BCUT2D eigenvalue weighted by Gasteiger charge is -2.21. The summed E-state index contributed by atoms with van der Waals surface area (Å²) in [6.45, 7) is 2.00. The monoisotopic (exact) mass is 324 g/mol. The Balaban J connectivity index is 1.79. The maximum absolute atomic E-state index is 13.0. The van der Waals surface area contributed by atoms with Crippen molar-refractivity contribution in [3.05, 3.63) is 53.2 Å². The third kappa shape index (κ3) is 3.53. The standard InChI is InChI=1S/C15H17FN2O3S/c1-11-8-15(21-17-11)10-22(19,20)18(14-6-7-14)9-12-2-4-13(16)5-3-12/h2-5,8,14H,6-7,9-10H2,1H3. The summed E-state index contributed by atoms with van der Waals surface area (Å²) in [5, 5.41) is 3.71. The van der Waals surface area contributed by atoms with Crippen molar-refractivity contribution in [1.29, 1.82) is 0 Å². The number of sulfonamides is 1. The van der Waals surface area contributed by atoms with Gasteiger partial charge in [0, 0.05) is 18.7 Å². The van der Waals surface area contributed by atoms with Crippen LogP contribution in [0.25, 0.3) is 0 Å². The molecule has 0 N–H and O–H groups in total. The average Bonchev–Trinajstić information content (AvgIpc) is 3.21. The molecular weight excluding hydrogens is 307 g/mol. The molecule has 0 unspecified atom stereocenters. The van der Waals surface area contributed by atoms with Crippen LogP contribution in [0.4, 0.5) is 4.39 Å². The van der Waals surface area contributed by atoms with Crippen LogP contribution in [0, 0.1) is 12.7 Å². The maximum atomic E-state index is 13.0. The van der Waals surface area contributed by atoms with E-state index in [4.69, 9.17) is 4.52 Å². The summed E-state index contributed by atoms with van der Waals surface area (Å²) in [4.78, 5) is 0. The minimum atomic E-state index is -3.50. The minimum absolute atomic E-state index is 0.0269. The number of halogens is 1. The second kappa shape index (κ2) is 5.81. The summed E-state index contributed by atoms with van der Waals surface area (Å²) in [6.07, 6.45) is 1.71. The lowest BCUT2D eigenvalue weighted by molar-refractivity contribution is 0.373. The normalized spacial score (nSPS) is 15.4. The van der Waals surface area contributed by atoms with Gasteiger partial charge in [0.05, 0.1) is 5.69 Å². The van der Waals surface area contributed by atoms with Gasteiger partial charge in [0.15, 0.2) is 5.76 Å². The fraction of sp³-hybridized carbons (Fsp3) is 0.400. The molecule has 7 heteroatoms. The van der Waals surface area contributed by atoms with Crippen LogP contribution in [0.3, 0.4) is 0 Å². The highest BCUT2D eigenvalue weighted by Crippen LogP contribution is 2.32. The molecule has 0 aliphatic heterocycles. The van der Waals surface area contributed by atoms with Gasteiger partial charge < -0.3 is 4.52 Å². The molecule has 2 aromatic rings. The lowest BCUT2D eigenvalue weighted by atomic mass is 10.2. The van der Waals surface area contributed by atoms with E-state index in [1.165, 1.54) is 16.4 Å². The van der Waals surface area contributed by atoms with E-state index < -0.39 is 10.0 Å². The number of hydrogen-bond donors (Lipinski definition) is 0. The summed E-state index contributed by atoms with van der Waals surface area (Å²) in [5.74, 6) is -0.199. The van der Waals surface area contributed by atoms with Crippen molar-refractivity contribution in [3.63, 3.8) is 0 Å². The molecule has 1 fully saturated rings. The summed E-state index contributed by atoms with van der Waals surface area (Å²) >= 11 is 0. The molecule has 0 amide bonds. The van der Waals surface area contributed by atoms with Crippen LogP contribution in [0.5, 0.6) is 0 Å². The molecule has 1 saturated carbocycles. The van der Waals surface area contributed by atoms with Crippen LogP contribution < -0.4 is 0 Å². The first kappa shape index (κ1) is 15.2. The van der Waals surface area contributed by atoms with Crippen LogP contribution in [-0.4, -0.2) is 23.9 Å². The van der Waals surface area contributed by atoms with E-state index in [0.717, 1.165) is 18.4 Å². The Labute approximate surface area is 128 Å². The van der Waals surface area contributed by atoms with E-state index in [0.29, 0.717) is 11.5 Å². The van der Waals surface area contributed by atoms with Crippen molar-refractivity contribution in [2.45, 2.75) is 38.1 Å². The molecule has 0 atom stereocenters. The summed E-state index contributed by atoms with van der Waals surface area (Å²) in [7, 11) is -3.50. The quantitative estimate of drug-likeness (QED) is 0.819. The lowest BCUT2D eigenvalue weighted by Crippen LogP contribution is -2.33. The predicted molar refractivity (Wildman–Crippen MR) is 78.8 cm³/mol. The number of rotatable bonds is 6. The van der Waals surface area contributed by atoms with Gasteiger partial charge >= 0.3 is 0 Å². The van der Waals surface area contributed by atoms with Gasteiger partial charge in [0.2, 0.25) is 10.0 Å². The predicted octanol–water partition coefficient (Wildman–Crippen LogP) is 2.62. The zero-order chi connectivity index (χ0) is 15.7. The molecule has 1 aromatic heterocycles. The fourth-order valence-corrected chi connectivity index (χ4v) is 4.01. The molecule has 0 radical (unpaired) electrons. The Hall–Kier alpha value is -1.73. The van der Waals surface area contributed by atoms with E-state index in [2.05, 4.69) is 5.16 Å². The van der Waals surface area contributed by atoms with Gasteiger partial charge in [-0.25, -0.2) is 12.8 Å². The van der Waals surface area contributed by atoms with Gasteiger partial charge in [0.25, 0.3) is 0 Å². The third-order valence-corrected chi connectivity index (χ3v) is 5.36. The number of aromatic nitrogens is 1. The first-order chi connectivity index (χ1) is 10.4. The number of nitrogens with zero attached hydrogens (tertiary/aromatic N) is 2. The first-order valence-electron chi connectivity index (χ1n) is 7.10. The van der Waals surface area contributed by atoms with Crippen molar-refractivity contribution in [2.24, 2.45) is 0 Å². The zero-order valence-corrected chi connectivity index (χ0v) is 13.0. The molecule has 5 nitrogen and oxygen atoms in total. The summed E-state index contributed by atoms with van der Waals surface area (Å²) in [6, 6.07) is 7.55. The van der Waals surface area contributed by atoms with Gasteiger partial charge in [-0.3, -0.25) is 0 Å². The zero-order valence-electron chi connectivity index (χ0n) is 12.2. The highest BCUT2D eigenvalue weighted by atomic mass is 32.2. The van der Waals surface area contributed by atoms with Crippen molar-refractivity contribution in [1.82, 2.24) is 9.46 Å². The molecule has 1 aliphatic rings. The van der Waals surface area contributed by atoms with Crippen molar-refractivity contribution < 1.29 is 17.3 Å². The van der Waals surface area contributed by atoms with Gasteiger partial charge in [-0.1, -0.05) is 17.3 Å². The molecular formula is C15H17FN2O3S. The minimum Gasteiger partial charge on any atom is -0.360 e. The highest BCUT2D eigenvalue weighted by Gasteiger charge is 2.37. The summed E-state index contributed by atoms with van der Waals surface area (Å²) in [5.41, 5.74) is 1.42. The van der Waals surface area contributed by atoms with Crippen LogP contribution in [0.15, 0.2) is 34.9 Å².